The Labute approximate surface area is 215 Å². The molecule has 7 nitrogen and oxygen atoms in total. The summed E-state index contributed by atoms with van der Waals surface area (Å²) in [7, 11) is 1.58. The number of aromatic nitrogens is 1. The lowest BCUT2D eigenvalue weighted by Gasteiger charge is -2.17. The lowest BCUT2D eigenvalue weighted by molar-refractivity contribution is 0.0648. The average molecular weight is 499 g/mol. The van der Waals surface area contributed by atoms with Crippen molar-refractivity contribution in [2.45, 2.75) is 26.6 Å². The van der Waals surface area contributed by atoms with Gasteiger partial charge >= 0.3 is 0 Å². The molecule has 0 aliphatic heterocycles. The Morgan fingerprint density at radius 2 is 1.81 bits per heavy atom. The van der Waals surface area contributed by atoms with Crippen molar-refractivity contribution in [3.63, 3.8) is 0 Å². The molecular weight excluding hydrogens is 471 g/mol. The number of halogens is 1. The molecule has 0 spiro atoms. The van der Waals surface area contributed by atoms with Crippen LogP contribution in [0.15, 0.2) is 73.4 Å². The first-order chi connectivity index (χ1) is 17.9. The number of hydrogen-bond donors (Lipinski definition) is 2. The molecule has 0 atom stereocenters. The van der Waals surface area contributed by atoms with Gasteiger partial charge < -0.3 is 14.8 Å². The quantitative estimate of drug-likeness (QED) is 0.242. The highest BCUT2D eigenvalue weighted by Gasteiger charge is 2.15. The molecule has 188 valence electrons. The third kappa shape index (κ3) is 6.15. The van der Waals surface area contributed by atoms with Crippen LogP contribution in [-0.2, 0) is 11.4 Å². The van der Waals surface area contributed by atoms with E-state index in [9.17, 15) is 9.65 Å². The monoisotopic (exact) mass is 498 g/mol. The number of fused-ring (bicyclic) bond motifs is 1. The summed E-state index contributed by atoms with van der Waals surface area (Å²) in [6.45, 7) is 8.15. The summed E-state index contributed by atoms with van der Waals surface area (Å²) in [6, 6.07) is 19.4. The van der Waals surface area contributed by atoms with E-state index < -0.39 is 0 Å². The topological polar surface area (TPSA) is 88.4 Å². The van der Waals surface area contributed by atoms with Crippen molar-refractivity contribution >= 4 is 28.0 Å². The molecule has 0 saturated heterocycles. The van der Waals surface area contributed by atoms with Gasteiger partial charge in [0.25, 0.3) is 0 Å². The fourth-order valence-corrected chi connectivity index (χ4v) is 3.67. The molecule has 3 aromatic carbocycles. The molecule has 0 fully saturated rings. The van der Waals surface area contributed by atoms with E-state index in [0.717, 1.165) is 22.2 Å². The second kappa shape index (κ2) is 11.4. The lowest BCUT2D eigenvalue weighted by Crippen LogP contribution is -2.12. The minimum atomic E-state index is -0.291. The third-order valence-electron chi connectivity index (χ3n) is 5.49. The van der Waals surface area contributed by atoms with E-state index in [0.29, 0.717) is 34.0 Å². The highest BCUT2D eigenvalue weighted by atomic mass is 19.1. The van der Waals surface area contributed by atoms with Crippen molar-refractivity contribution in [1.82, 2.24) is 10.5 Å². The van der Waals surface area contributed by atoms with E-state index in [2.05, 4.69) is 28.4 Å². The lowest BCUT2D eigenvalue weighted by atomic mass is 10.1. The molecule has 0 bridgehead atoms. The zero-order valence-electron chi connectivity index (χ0n) is 20.8. The molecule has 0 radical (unpaired) electrons. The molecule has 37 heavy (non-hydrogen) atoms. The largest absolute Gasteiger partial charge is 0.493 e. The minimum absolute atomic E-state index is 0.0293. The van der Waals surface area contributed by atoms with Gasteiger partial charge in [-0.15, -0.1) is 0 Å². The summed E-state index contributed by atoms with van der Waals surface area (Å²) in [5, 5.41) is 13.8. The Bertz CT molecular complexity index is 1450. The van der Waals surface area contributed by atoms with Crippen LogP contribution in [0, 0.1) is 17.1 Å². The molecule has 0 saturated carbocycles. The van der Waals surface area contributed by atoms with E-state index in [1.807, 2.05) is 50.2 Å². The number of nitrogens with one attached hydrogen (secondary N) is 2. The second-order valence-corrected chi connectivity index (χ2v) is 8.54. The van der Waals surface area contributed by atoms with Gasteiger partial charge in [-0.05, 0) is 55.3 Å². The van der Waals surface area contributed by atoms with E-state index in [-0.39, 0.29) is 18.5 Å². The Balaban J connectivity index is 1.51. The van der Waals surface area contributed by atoms with Crippen molar-refractivity contribution in [2.75, 3.05) is 12.4 Å². The average Bonchev–Trinajstić information content (AvgIpc) is 2.89. The number of pyridine rings is 1. The van der Waals surface area contributed by atoms with Crippen LogP contribution >= 0.6 is 0 Å². The van der Waals surface area contributed by atoms with Crippen LogP contribution in [0.1, 0.15) is 30.5 Å². The van der Waals surface area contributed by atoms with Crippen LogP contribution in [-0.4, -0.2) is 18.2 Å². The predicted molar refractivity (Wildman–Crippen MR) is 142 cm³/mol. The zero-order chi connectivity index (χ0) is 26.4. The van der Waals surface area contributed by atoms with E-state index in [1.54, 1.807) is 19.2 Å². The molecule has 8 heteroatoms. The summed E-state index contributed by atoms with van der Waals surface area (Å²) in [6.07, 6.45) is 1.51. The van der Waals surface area contributed by atoms with Crippen molar-refractivity contribution in [1.29, 1.82) is 5.26 Å². The molecule has 4 aromatic rings. The zero-order valence-corrected chi connectivity index (χ0v) is 20.8. The van der Waals surface area contributed by atoms with Gasteiger partial charge in [0.1, 0.15) is 11.9 Å². The Kier molecular flexibility index (Phi) is 7.86. The second-order valence-electron chi connectivity index (χ2n) is 8.54. The van der Waals surface area contributed by atoms with Gasteiger partial charge in [0.05, 0.1) is 42.3 Å². The Morgan fingerprint density at radius 3 is 2.46 bits per heavy atom. The molecule has 1 heterocycles. The molecule has 0 aliphatic rings. The first-order valence-electron chi connectivity index (χ1n) is 11.6. The fourth-order valence-electron chi connectivity index (χ4n) is 3.67. The van der Waals surface area contributed by atoms with Gasteiger partial charge in [-0.2, -0.15) is 5.26 Å². The smallest absolute Gasteiger partial charge is 0.163 e. The number of methoxy groups -OCH3 is 1. The van der Waals surface area contributed by atoms with Crippen LogP contribution in [0.5, 0.6) is 11.5 Å². The number of rotatable bonds is 10. The van der Waals surface area contributed by atoms with Gasteiger partial charge in [0.2, 0.25) is 0 Å². The number of benzene rings is 3. The van der Waals surface area contributed by atoms with Crippen molar-refractivity contribution in [2.24, 2.45) is 0 Å². The molecule has 2 N–H and O–H groups in total. The van der Waals surface area contributed by atoms with Gasteiger partial charge in [0.15, 0.2) is 11.5 Å². The van der Waals surface area contributed by atoms with Crippen LogP contribution in [0.3, 0.4) is 0 Å². The number of anilines is 2. The molecule has 1 aromatic heterocycles. The summed E-state index contributed by atoms with van der Waals surface area (Å²) >= 11 is 0. The van der Waals surface area contributed by atoms with Crippen molar-refractivity contribution in [3.05, 3.63) is 95.9 Å². The number of hydrogen-bond acceptors (Lipinski definition) is 7. The third-order valence-corrected chi connectivity index (χ3v) is 5.49. The number of nitrogens with zero attached hydrogens (tertiary/aromatic N) is 2. The summed E-state index contributed by atoms with van der Waals surface area (Å²) in [4.78, 5) is 9.92. The highest BCUT2D eigenvalue weighted by molar-refractivity contribution is 5.97. The van der Waals surface area contributed by atoms with Gasteiger partial charge in [0, 0.05) is 23.3 Å². The maximum atomic E-state index is 13.0. The van der Waals surface area contributed by atoms with E-state index in [4.69, 9.17) is 14.3 Å². The number of hydroxylamine groups is 1. The fraction of sp³-hybridized carbons (Fsp3) is 0.172. The van der Waals surface area contributed by atoms with Gasteiger partial charge in [-0.1, -0.05) is 30.8 Å². The van der Waals surface area contributed by atoms with E-state index in [1.165, 1.54) is 18.3 Å². The molecule has 0 aliphatic carbocycles. The Hall–Kier alpha value is -4.61. The predicted octanol–water partition coefficient (Wildman–Crippen LogP) is 6.48. The molecule has 4 rings (SSSR count). The molecule has 0 amide bonds. The van der Waals surface area contributed by atoms with Crippen molar-refractivity contribution in [3.8, 4) is 17.6 Å². The number of nitriles is 1. The first kappa shape index (κ1) is 25.5. The van der Waals surface area contributed by atoms with Gasteiger partial charge in [-0.3, -0.25) is 15.3 Å². The normalized spacial score (nSPS) is 10.7. The number of ether oxygens (including phenoxy) is 2. The summed E-state index contributed by atoms with van der Waals surface area (Å²) < 4.78 is 24.4. The summed E-state index contributed by atoms with van der Waals surface area (Å²) in [5.41, 5.74) is 7.51. The summed E-state index contributed by atoms with van der Waals surface area (Å²) in [5.74, 6) is 0.852. The first-order valence-corrected chi connectivity index (χ1v) is 11.6. The van der Waals surface area contributed by atoms with Crippen LogP contribution in [0.25, 0.3) is 16.6 Å². The maximum Gasteiger partial charge on any atom is 0.163 e. The SMILES string of the molecule is C=C(NOCc1ccc(F)cc1)c1ccc(Nc2c(C#N)cnc3cc(OC(C)C)c(OC)cc23)cc1. The van der Waals surface area contributed by atoms with Crippen LogP contribution in [0.2, 0.25) is 0 Å². The maximum absolute atomic E-state index is 13.0. The van der Waals surface area contributed by atoms with Crippen LogP contribution < -0.4 is 20.3 Å². The van der Waals surface area contributed by atoms with Gasteiger partial charge in [-0.25, -0.2) is 4.39 Å². The highest BCUT2D eigenvalue weighted by Crippen LogP contribution is 2.37. The Morgan fingerprint density at radius 1 is 1.08 bits per heavy atom. The van der Waals surface area contributed by atoms with Crippen molar-refractivity contribution < 1.29 is 18.7 Å². The van der Waals surface area contributed by atoms with Crippen LogP contribution in [0.4, 0.5) is 15.8 Å². The standard InChI is InChI=1S/C29H27FN4O3/c1-18(2)37-28-14-26-25(13-27(28)35-4)29(22(15-31)16-32-26)33-24-11-7-21(8-12-24)19(3)34-36-17-20-5-9-23(30)10-6-20/h5-14,16,18,34H,3,17H2,1-2,4H3,(H,32,33). The molecule has 0 unspecified atom stereocenters. The minimum Gasteiger partial charge on any atom is -0.493 e. The molecular formula is C29H27FN4O3. The van der Waals surface area contributed by atoms with E-state index >= 15 is 0 Å².